The second kappa shape index (κ2) is 10.0. The molecule has 0 N–H and O–H groups in total. The first-order valence-corrected chi connectivity index (χ1v) is 9.06. The molecule has 26 heavy (non-hydrogen) atoms. The molecule has 0 saturated heterocycles. The zero-order valence-corrected chi connectivity index (χ0v) is 15.0. The van der Waals surface area contributed by atoms with Crippen LogP contribution in [0.25, 0.3) is 0 Å². The molecule has 3 rings (SSSR count). The van der Waals surface area contributed by atoms with Gasteiger partial charge in [-0.05, 0) is 35.1 Å². The highest BCUT2D eigenvalue weighted by Crippen LogP contribution is 2.19. The minimum atomic E-state index is 0.943. The first kappa shape index (κ1) is 17.7. The van der Waals surface area contributed by atoms with Crippen molar-refractivity contribution in [1.82, 2.24) is 0 Å². The van der Waals surface area contributed by atoms with E-state index in [1.807, 2.05) is 0 Å². The van der Waals surface area contributed by atoms with Crippen molar-refractivity contribution >= 4 is 0 Å². The molecule has 0 heteroatoms. The van der Waals surface area contributed by atoms with Crippen molar-refractivity contribution in [1.29, 1.82) is 0 Å². The van der Waals surface area contributed by atoms with Gasteiger partial charge in [-0.15, -0.1) is 0 Å². The smallest absolute Gasteiger partial charge is 0.00258 e. The Labute approximate surface area is 157 Å². The number of hydrogen-bond acceptors (Lipinski definition) is 0. The van der Waals surface area contributed by atoms with E-state index in [0.29, 0.717) is 0 Å². The summed E-state index contributed by atoms with van der Waals surface area (Å²) >= 11 is 0. The lowest BCUT2D eigenvalue weighted by molar-refractivity contribution is 1.21. The zero-order chi connectivity index (χ0) is 17.9. The Morgan fingerprint density at radius 3 is 0.846 bits per heavy atom. The zero-order valence-electron chi connectivity index (χ0n) is 15.0. The van der Waals surface area contributed by atoms with Crippen LogP contribution in [0.2, 0.25) is 0 Å². The van der Waals surface area contributed by atoms with Crippen molar-refractivity contribution in [2.24, 2.45) is 0 Å². The SMILES string of the molecule is C1=CC=C2/C=C/C=C/C=C\C3=CC=CC=C(/C=C/C=C/C=C\C(=C1)C2)C3. The first-order valence-electron chi connectivity index (χ1n) is 9.06. The number of fused-ring (bicyclic) bond motifs is 4. The van der Waals surface area contributed by atoms with Gasteiger partial charge < -0.3 is 0 Å². The van der Waals surface area contributed by atoms with Gasteiger partial charge in [-0.3, -0.25) is 0 Å². The molecule has 3 aliphatic carbocycles. The highest BCUT2D eigenvalue weighted by Gasteiger charge is 1.99. The lowest BCUT2D eigenvalue weighted by Gasteiger charge is -2.01. The fourth-order valence-electron chi connectivity index (χ4n) is 2.85. The van der Waals surface area contributed by atoms with E-state index in [-0.39, 0.29) is 0 Å². The van der Waals surface area contributed by atoms with E-state index in [0.717, 1.165) is 12.8 Å². The second-order valence-electron chi connectivity index (χ2n) is 6.30. The summed E-state index contributed by atoms with van der Waals surface area (Å²) in [6.07, 6.45) is 44.4. The van der Waals surface area contributed by atoms with Gasteiger partial charge in [-0.2, -0.15) is 0 Å². The van der Waals surface area contributed by atoms with Gasteiger partial charge in [0.05, 0.1) is 0 Å². The van der Waals surface area contributed by atoms with Gasteiger partial charge in [0, 0.05) is 0 Å². The monoisotopic (exact) mass is 336 g/mol. The molecule has 4 bridgehead atoms. The van der Waals surface area contributed by atoms with Crippen LogP contribution >= 0.6 is 0 Å². The van der Waals surface area contributed by atoms with E-state index in [1.165, 1.54) is 22.3 Å². The fourth-order valence-corrected chi connectivity index (χ4v) is 2.85. The summed E-state index contributed by atoms with van der Waals surface area (Å²) in [5.41, 5.74) is 5.22. The second-order valence-corrected chi connectivity index (χ2v) is 6.30. The standard InChI is InChI=1S/C26H24/c1-2-6-14-24-18-11-12-20-26(22-24)16-8-4-3-7-15-25-19-10-9-17-23(21-25)13-5-1/h1-20H,21-22H2/b2-1+,4-3+,5-1?,6-2?,7-3?,8-4?,13-5-,14-6+,15-7+,16-8-,23-13?,24-14?,25-15?,26-16?. The molecule has 0 heterocycles. The quantitative estimate of drug-likeness (QED) is 0.448. The van der Waals surface area contributed by atoms with Gasteiger partial charge in [0.15, 0.2) is 0 Å². The van der Waals surface area contributed by atoms with Gasteiger partial charge in [-0.1, -0.05) is 122 Å². The number of allylic oxidation sites excluding steroid dienone is 24. The van der Waals surface area contributed by atoms with Crippen LogP contribution < -0.4 is 0 Å². The minimum absolute atomic E-state index is 0.943. The summed E-state index contributed by atoms with van der Waals surface area (Å²) in [6, 6.07) is 0. The molecule has 0 atom stereocenters. The van der Waals surface area contributed by atoms with Crippen molar-refractivity contribution in [2.45, 2.75) is 12.8 Å². The Bertz CT molecular complexity index is 721. The molecule has 0 aromatic rings. The van der Waals surface area contributed by atoms with E-state index in [9.17, 15) is 0 Å². The molecule has 0 radical (unpaired) electrons. The van der Waals surface area contributed by atoms with Crippen molar-refractivity contribution in [2.75, 3.05) is 0 Å². The average molecular weight is 336 g/mol. The maximum atomic E-state index is 2.18. The maximum Gasteiger partial charge on any atom is -0.00258 e. The van der Waals surface area contributed by atoms with Crippen LogP contribution in [0.15, 0.2) is 144 Å². The Morgan fingerprint density at radius 2 is 0.577 bits per heavy atom. The van der Waals surface area contributed by atoms with Crippen LogP contribution in [0.5, 0.6) is 0 Å². The molecule has 0 aromatic heterocycles. The fraction of sp³-hybridized carbons (Fsp3) is 0.0769. The van der Waals surface area contributed by atoms with Crippen molar-refractivity contribution < 1.29 is 0 Å². The Morgan fingerprint density at radius 1 is 0.308 bits per heavy atom. The van der Waals surface area contributed by atoms with E-state index >= 15 is 0 Å². The van der Waals surface area contributed by atoms with Gasteiger partial charge in [0.1, 0.15) is 0 Å². The molecule has 0 nitrogen and oxygen atoms in total. The van der Waals surface area contributed by atoms with Crippen molar-refractivity contribution in [3.05, 3.63) is 144 Å². The molecule has 128 valence electrons. The van der Waals surface area contributed by atoms with Gasteiger partial charge in [0.25, 0.3) is 0 Å². The predicted molar refractivity (Wildman–Crippen MR) is 115 cm³/mol. The normalized spacial score (nSPS) is 27.1. The van der Waals surface area contributed by atoms with Gasteiger partial charge in [-0.25, -0.2) is 0 Å². The molecule has 0 aliphatic heterocycles. The molecule has 0 aromatic carbocycles. The minimum Gasteiger partial charge on any atom is -0.0623 e. The summed E-state index contributed by atoms with van der Waals surface area (Å²) in [7, 11) is 0. The highest BCUT2D eigenvalue weighted by molar-refractivity contribution is 5.42. The van der Waals surface area contributed by atoms with E-state index < -0.39 is 0 Å². The van der Waals surface area contributed by atoms with Crippen LogP contribution in [0.4, 0.5) is 0 Å². The van der Waals surface area contributed by atoms with Crippen molar-refractivity contribution in [3.8, 4) is 0 Å². The Hall–Kier alpha value is -3.12. The van der Waals surface area contributed by atoms with Gasteiger partial charge >= 0.3 is 0 Å². The first-order chi connectivity index (χ1) is 12.9. The third-order valence-electron chi connectivity index (χ3n) is 4.19. The van der Waals surface area contributed by atoms with Crippen molar-refractivity contribution in [3.63, 3.8) is 0 Å². The molecular formula is C26H24. The van der Waals surface area contributed by atoms with E-state index in [2.05, 4.69) is 122 Å². The van der Waals surface area contributed by atoms with E-state index in [4.69, 9.17) is 0 Å². The molecule has 0 saturated carbocycles. The Kier molecular flexibility index (Phi) is 6.81. The number of hydrogen-bond donors (Lipinski definition) is 0. The summed E-state index contributed by atoms with van der Waals surface area (Å²) in [4.78, 5) is 0. The maximum absolute atomic E-state index is 2.18. The van der Waals surface area contributed by atoms with Crippen LogP contribution in [-0.2, 0) is 0 Å². The molecule has 3 aliphatic rings. The molecule has 0 amide bonds. The lowest BCUT2D eigenvalue weighted by Crippen LogP contribution is -1.82. The third kappa shape index (κ3) is 6.07. The van der Waals surface area contributed by atoms with Crippen LogP contribution in [-0.4, -0.2) is 0 Å². The average Bonchev–Trinajstić information content (AvgIpc) is 3.01. The largest absolute Gasteiger partial charge is 0.0623 e. The van der Waals surface area contributed by atoms with E-state index in [1.54, 1.807) is 0 Å². The van der Waals surface area contributed by atoms with Gasteiger partial charge in [0.2, 0.25) is 0 Å². The Balaban J connectivity index is 1.85. The van der Waals surface area contributed by atoms with Crippen LogP contribution in [0.1, 0.15) is 12.8 Å². The summed E-state index contributed by atoms with van der Waals surface area (Å²) < 4.78 is 0. The lowest BCUT2D eigenvalue weighted by atomic mass is 10.0. The summed E-state index contributed by atoms with van der Waals surface area (Å²) in [5, 5.41) is 0. The number of rotatable bonds is 0. The third-order valence-corrected chi connectivity index (χ3v) is 4.19. The highest BCUT2D eigenvalue weighted by atomic mass is 14.0. The molecular weight excluding hydrogens is 312 g/mol. The van der Waals surface area contributed by atoms with Crippen LogP contribution in [0, 0.1) is 0 Å². The molecule has 0 fully saturated rings. The molecule has 0 unspecified atom stereocenters. The molecule has 0 spiro atoms. The summed E-state index contributed by atoms with van der Waals surface area (Å²) in [6.45, 7) is 0. The topological polar surface area (TPSA) is 0 Å². The predicted octanol–water partition coefficient (Wildman–Crippen LogP) is 6.96. The van der Waals surface area contributed by atoms with Crippen LogP contribution in [0.3, 0.4) is 0 Å². The summed E-state index contributed by atoms with van der Waals surface area (Å²) in [5.74, 6) is 0.